The Labute approximate surface area is 118 Å². The second-order valence-electron chi connectivity index (χ2n) is 4.10. The van der Waals surface area contributed by atoms with Gasteiger partial charge in [-0.2, -0.15) is 0 Å². The third-order valence-corrected chi connectivity index (χ3v) is 3.73. The van der Waals surface area contributed by atoms with Crippen molar-refractivity contribution >= 4 is 21.7 Å². The van der Waals surface area contributed by atoms with E-state index in [1.807, 2.05) is 6.92 Å². The van der Waals surface area contributed by atoms with Gasteiger partial charge in [-0.05, 0) is 25.1 Å². The van der Waals surface area contributed by atoms with Crippen LogP contribution in [0, 0.1) is 0 Å². The predicted octanol–water partition coefficient (Wildman–Crippen LogP) is 0.505. The predicted molar refractivity (Wildman–Crippen MR) is 74.5 cm³/mol. The summed E-state index contributed by atoms with van der Waals surface area (Å²) < 4.78 is 27.5. The summed E-state index contributed by atoms with van der Waals surface area (Å²) in [7, 11) is -2.38. The number of carboxylic acids is 1. The van der Waals surface area contributed by atoms with E-state index in [0.29, 0.717) is 25.4 Å². The molecule has 8 heteroatoms. The van der Waals surface area contributed by atoms with Crippen LogP contribution in [0.3, 0.4) is 0 Å². The van der Waals surface area contributed by atoms with Crippen LogP contribution in [0.15, 0.2) is 23.1 Å². The number of rotatable bonds is 7. The highest BCUT2D eigenvalue weighted by Crippen LogP contribution is 2.23. The first-order valence-corrected chi connectivity index (χ1v) is 7.50. The van der Waals surface area contributed by atoms with E-state index >= 15 is 0 Å². The third-order valence-electron chi connectivity index (χ3n) is 2.81. The van der Waals surface area contributed by atoms with Gasteiger partial charge in [0.1, 0.15) is 0 Å². The van der Waals surface area contributed by atoms with Gasteiger partial charge in [0.15, 0.2) is 0 Å². The molecule has 3 N–H and O–H groups in total. The number of hydrogen-bond acceptors (Lipinski definition) is 5. The van der Waals surface area contributed by atoms with Crippen LogP contribution in [-0.2, 0) is 14.8 Å². The van der Waals surface area contributed by atoms with Crippen LogP contribution >= 0.6 is 0 Å². The molecule has 0 aromatic heterocycles. The molecular formula is C12H18N2O5S. The molecule has 0 unspecified atom stereocenters. The lowest BCUT2D eigenvalue weighted by molar-refractivity contribution is 0.0697. The summed E-state index contributed by atoms with van der Waals surface area (Å²) in [5, 5.41) is 14.2. The van der Waals surface area contributed by atoms with E-state index < -0.39 is 16.0 Å². The summed E-state index contributed by atoms with van der Waals surface area (Å²) in [6, 6.07) is 3.82. The molecule has 0 saturated carbocycles. The van der Waals surface area contributed by atoms with Crippen molar-refractivity contribution in [2.75, 3.05) is 31.7 Å². The molecule has 20 heavy (non-hydrogen) atoms. The Morgan fingerprint density at radius 1 is 1.45 bits per heavy atom. The van der Waals surface area contributed by atoms with Gasteiger partial charge in [-0.15, -0.1) is 0 Å². The van der Waals surface area contributed by atoms with Crippen LogP contribution in [0.2, 0.25) is 0 Å². The first kappa shape index (κ1) is 16.4. The van der Waals surface area contributed by atoms with Gasteiger partial charge < -0.3 is 14.7 Å². The molecule has 1 rings (SSSR count). The number of benzene rings is 1. The first-order chi connectivity index (χ1) is 9.31. The van der Waals surface area contributed by atoms with Crippen LogP contribution < -0.4 is 10.0 Å². The average molecular weight is 302 g/mol. The number of ether oxygens (including phenoxy) is 1. The third kappa shape index (κ3) is 3.92. The standard InChI is InChI=1S/C12H18N2O5S/c1-3-14(6-7-19-2)11-5-4-9(20(13,17)18)8-10(11)12(15)16/h4-5,8H,3,6-7H2,1-2H3,(H,15,16)(H2,13,17,18). The molecule has 112 valence electrons. The summed E-state index contributed by atoms with van der Waals surface area (Å²) in [5.41, 5.74) is 0.332. The number of hydrogen-bond donors (Lipinski definition) is 2. The van der Waals surface area contributed by atoms with Crippen LogP contribution in [0.25, 0.3) is 0 Å². The van der Waals surface area contributed by atoms with Crippen molar-refractivity contribution in [3.63, 3.8) is 0 Å². The minimum Gasteiger partial charge on any atom is -0.478 e. The fourth-order valence-corrected chi connectivity index (χ4v) is 2.33. The maximum atomic E-state index is 11.3. The highest BCUT2D eigenvalue weighted by Gasteiger charge is 2.19. The number of likely N-dealkylation sites (N-methyl/N-ethyl adjacent to an activating group) is 1. The Morgan fingerprint density at radius 2 is 2.10 bits per heavy atom. The molecule has 0 bridgehead atoms. The zero-order valence-corrected chi connectivity index (χ0v) is 12.2. The number of anilines is 1. The van der Waals surface area contributed by atoms with Gasteiger partial charge in [0.25, 0.3) is 0 Å². The maximum Gasteiger partial charge on any atom is 0.337 e. The molecule has 0 saturated heterocycles. The SMILES string of the molecule is CCN(CCOC)c1ccc(S(N)(=O)=O)cc1C(=O)O. The molecular weight excluding hydrogens is 284 g/mol. The van der Waals surface area contributed by atoms with Gasteiger partial charge in [-0.25, -0.2) is 18.4 Å². The Kier molecular flexibility index (Phi) is 5.49. The van der Waals surface area contributed by atoms with Crippen molar-refractivity contribution in [3.8, 4) is 0 Å². The fraction of sp³-hybridized carbons (Fsp3) is 0.417. The molecule has 0 radical (unpaired) electrons. The quantitative estimate of drug-likeness (QED) is 0.759. The lowest BCUT2D eigenvalue weighted by atomic mass is 10.1. The van der Waals surface area contributed by atoms with E-state index in [4.69, 9.17) is 9.88 Å². The van der Waals surface area contributed by atoms with Gasteiger partial charge in [0.2, 0.25) is 10.0 Å². The second-order valence-corrected chi connectivity index (χ2v) is 5.66. The van der Waals surface area contributed by atoms with E-state index in [0.717, 1.165) is 6.07 Å². The van der Waals surface area contributed by atoms with Gasteiger partial charge in [-0.3, -0.25) is 0 Å². The molecule has 7 nitrogen and oxygen atoms in total. The van der Waals surface area contributed by atoms with Crippen LogP contribution in [0.4, 0.5) is 5.69 Å². The molecule has 0 fully saturated rings. The first-order valence-electron chi connectivity index (χ1n) is 5.95. The average Bonchev–Trinajstić information content (AvgIpc) is 2.38. The van der Waals surface area contributed by atoms with Gasteiger partial charge in [-0.1, -0.05) is 0 Å². The van der Waals surface area contributed by atoms with Gasteiger partial charge in [0.05, 0.1) is 22.8 Å². The van der Waals surface area contributed by atoms with E-state index in [9.17, 15) is 18.3 Å². The Bertz CT molecular complexity index is 586. The molecule has 0 aliphatic heterocycles. The van der Waals surface area contributed by atoms with Crippen molar-refractivity contribution in [1.82, 2.24) is 0 Å². The number of carboxylic acid groups (broad SMARTS) is 1. The number of sulfonamides is 1. The second kappa shape index (κ2) is 6.69. The number of aromatic carboxylic acids is 1. The lowest BCUT2D eigenvalue weighted by Gasteiger charge is -2.24. The molecule has 0 aliphatic carbocycles. The summed E-state index contributed by atoms with van der Waals surface area (Å²) in [5.74, 6) is -1.21. The van der Waals surface area contributed by atoms with Crippen molar-refractivity contribution in [1.29, 1.82) is 0 Å². The number of nitrogens with zero attached hydrogens (tertiary/aromatic N) is 1. The van der Waals surface area contributed by atoms with Gasteiger partial charge >= 0.3 is 5.97 Å². The fourth-order valence-electron chi connectivity index (χ4n) is 1.79. The largest absolute Gasteiger partial charge is 0.478 e. The number of carbonyl (C=O) groups is 1. The van der Waals surface area contributed by atoms with E-state index in [2.05, 4.69) is 0 Å². The van der Waals surface area contributed by atoms with E-state index in [-0.39, 0.29) is 10.5 Å². The maximum absolute atomic E-state index is 11.3. The minimum absolute atomic E-state index is 0.102. The highest BCUT2D eigenvalue weighted by atomic mass is 32.2. The van der Waals surface area contributed by atoms with E-state index in [1.54, 1.807) is 12.0 Å². The molecule has 1 aromatic carbocycles. The number of nitrogens with two attached hydrogens (primary N) is 1. The zero-order valence-electron chi connectivity index (χ0n) is 11.4. The normalized spacial score (nSPS) is 11.3. The van der Waals surface area contributed by atoms with Gasteiger partial charge in [0, 0.05) is 20.2 Å². The van der Waals surface area contributed by atoms with Crippen molar-refractivity contribution < 1.29 is 23.1 Å². The van der Waals surface area contributed by atoms with Crippen LogP contribution in [0.1, 0.15) is 17.3 Å². The lowest BCUT2D eigenvalue weighted by Crippen LogP contribution is -2.28. The van der Waals surface area contributed by atoms with Crippen molar-refractivity contribution in [2.45, 2.75) is 11.8 Å². The molecule has 1 aromatic rings. The summed E-state index contributed by atoms with van der Waals surface area (Å²) in [4.78, 5) is 12.9. The Hall–Kier alpha value is -1.64. The van der Waals surface area contributed by atoms with E-state index in [1.165, 1.54) is 12.1 Å². The van der Waals surface area contributed by atoms with Crippen molar-refractivity contribution in [2.24, 2.45) is 5.14 Å². The minimum atomic E-state index is -3.93. The highest BCUT2D eigenvalue weighted by molar-refractivity contribution is 7.89. The molecule has 0 aliphatic rings. The zero-order chi connectivity index (χ0) is 15.3. The molecule has 0 spiro atoms. The Balaban J connectivity index is 3.29. The molecule has 0 amide bonds. The topological polar surface area (TPSA) is 110 Å². The van der Waals surface area contributed by atoms with Crippen LogP contribution in [0.5, 0.6) is 0 Å². The summed E-state index contributed by atoms with van der Waals surface area (Å²) in [6.45, 7) is 3.37. The summed E-state index contributed by atoms with van der Waals surface area (Å²) in [6.07, 6.45) is 0. The monoisotopic (exact) mass is 302 g/mol. The number of methoxy groups -OCH3 is 1. The number of primary sulfonamides is 1. The Morgan fingerprint density at radius 3 is 2.55 bits per heavy atom. The van der Waals surface area contributed by atoms with Crippen LogP contribution in [-0.4, -0.2) is 46.3 Å². The molecule has 0 heterocycles. The summed E-state index contributed by atoms with van der Waals surface area (Å²) >= 11 is 0. The molecule has 0 atom stereocenters. The van der Waals surface area contributed by atoms with Crippen molar-refractivity contribution in [3.05, 3.63) is 23.8 Å². The smallest absolute Gasteiger partial charge is 0.337 e.